The van der Waals surface area contributed by atoms with Gasteiger partial charge in [-0.05, 0) is 51.4 Å². The van der Waals surface area contributed by atoms with Crippen LogP contribution in [0.3, 0.4) is 0 Å². The molecule has 0 amide bonds. The van der Waals surface area contributed by atoms with Crippen LogP contribution in [0, 0.1) is 16.7 Å². The van der Waals surface area contributed by atoms with Crippen LogP contribution < -0.4 is 0 Å². The average Bonchev–Trinajstić information content (AvgIpc) is 2.71. The molecule has 2 bridgehead atoms. The highest BCUT2D eigenvalue weighted by Gasteiger charge is 2.79. The molecule has 2 fully saturated rings. The van der Waals surface area contributed by atoms with E-state index in [1.165, 1.54) is 6.42 Å². The highest BCUT2D eigenvalue weighted by atomic mass is 28.4. The molecule has 0 aromatic rings. The van der Waals surface area contributed by atoms with Crippen molar-refractivity contribution < 1.29 is 18.4 Å². The van der Waals surface area contributed by atoms with E-state index in [4.69, 9.17) is 13.3 Å². The first-order valence-electron chi connectivity index (χ1n) is 8.39. The van der Waals surface area contributed by atoms with Gasteiger partial charge in [-0.25, -0.2) is 0 Å². The molecule has 2 aliphatic carbocycles. The molecular formula is C16H32O4Si. The summed E-state index contributed by atoms with van der Waals surface area (Å²) < 4.78 is 18.2. The van der Waals surface area contributed by atoms with Crippen molar-refractivity contribution in [1.82, 2.24) is 0 Å². The van der Waals surface area contributed by atoms with Crippen molar-refractivity contribution in [3.05, 3.63) is 0 Å². The van der Waals surface area contributed by atoms with E-state index in [9.17, 15) is 5.11 Å². The maximum Gasteiger partial charge on any atom is 0.535 e. The van der Waals surface area contributed by atoms with Crippen LogP contribution in [0.15, 0.2) is 0 Å². The Morgan fingerprint density at radius 1 is 1.00 bits per heavy atom. The molecule has 0 aromatic carbocycles. The largest absolute Gasteiger partial charge is 0.535 e. The fourth-order valence-corrected chi connectivity index (χ4v) is 8.52. The number of rotatable bonds is 7. The first-order chi connectivity index (χ1) is 9.74. The zero-order chi connectivity index (χ0) is 15.9. The summed E-state index contributed by atoms with van der Waals surface area (Å²) in [5.74, 6) is 0.515. The van der Waals surface area contributed by atoms with Gasteiger partial charge in [0, 0.05) is 25.2 Å². The molecule has 2 rings (SSSR count). The topological polar surface area (TPSA) is 47.9 Å². The molecule has 0 heterocycles. The van der Waals surface area contributed by atoms with Gasteiger partial charge in [0.05, 0.1) is 0 Å². The number of fused-ring (bicyclic) bond motifs is 2. The monoisotopic (exact) mass is 316 g/mol. The fraction of sp³-hybridized carbons (Fsp3) is 1.00. The standard InChI is InChI=1S/C16H32O4Si/c1-7-18-21(19-8-2,20-9-3)16(17)12-13-10-11-15(16,6)14(13,4)5/h13,17H,7-12H2,1-6H3. The molecule has 5 heteroatoms. The summed E-state index contributed by atoms with van der Waals surface area (Å²) in [6.07, 6.45) is 2.94. The van der Waals surface area contributed by atoms with Gasteiger partial charge in [0.25, 0.3) is 0 Å². The van der Waals surface area contributed by atoms with Gasteiger partial charge in [0.1, 0.15) is 5.22 Å². The van der Waals surface area contributed by atoms with E-state index >= 15 is 0 Å². The summed E-state index contributed by atoms with van der Waals surface area (Å²) >= 11 is 0. The minimum Gasteiger partial charge on any atom is -0.385 e. The zero-order valence-corrected chi connectivity index (χ0v) is 15.5. The third-order valence-electron chi connectivity index (χ3n) is 6.40. The van der Waals surface area contributed by atoms with Crippen LogP contribution >= 0.6 is 0 Å². The predicted octanol–water partition coefficient (Wildman–Crippen LogP) is 3.15. The van der Waals surface area contributed by atoms with Gasteiger partial charge in [-0.1, -0.05) is 20.8 Å². The lowest BCUT2D eigenvalue weighted by molar-refractivity contribution is -0.102. The molecule has 21 heavy (non-hydrogen) atoms. The second-order valence-corrected chi connectivity index (χ2v) is 10.0. The van der Waals surface area contributed by atoms with Gasteiger partial charge in [-0.15, -0.1) is 0 Å². The summed E-state index contributed by atoms with van der Waals surface area (Å²) in [5.41, 5.74) is -0.123. The van der Waals surface area contributed by atoms with Crippen molar-refractivity contribution in [2.75, 3.05) is 19.8 Å². The Morgan fingerprint density at radius 3 is 1.76 bits per heavy atom. The van der Waals surface area contributed by atoms with E-state index in [2.05, 4.69) is 20.8 Å². The Labute approximate surface area is 130 Å². The fourth-order valence-electron chi connectivity index (χ4n) is 4.79. The smallest absolute Gasteiger partial charge is 0.385 e. The van der Waals surface area contributed by atoms with Crippen LogP contribution in [-0.2, 0) is 13.3 Å². The lowest BCUT2D eigenvalue weighted by Gasteiger charge is -2.51. The van der Waals surface area contributed by atoms with Crippen LogP contribution in [0.4, 0.5) is 0 Å². The molecule has 0 aromatic heterocycles. The second-order valence-electron chi connectivity index (χ2n) is 7.21. The average molecular weight is 317 g/mol. The van der Waals surface area contributed by atoms with Gasteiger partial charge < -0.3 is 18.4 Å². The summed E-state index contributed by atoms with van der Waals surface area (Å²) in [7, 11) is -3.15. The van der Waals surface area contributed by atoms with Crippen LogP contribution in [0.5, 0.6) is 0 Å². The minimum absolute atomic E-state index is 0.0886. The Morgan fingerprint density at radius 2 is 1.48 bits per heavy atom. The van der Waals surface area contributed by atoms with Crippen LogP contribution in [0.2, 0.25) is 0 Å². The third-order valence-corrected chi connectivity index (χ3v) is 10.2. The molecule has 0 aliphatic heterocycles. The van der Waals surface area contributed by atoms with Gasteiger partial charge in [-0.3, -0.25) is 0 Å². The summed E-state index contributed by atoms with van der Waals surface area (Å²) in [5, 5.41) is 10.8. The molecule has 124 valence electrons. The third kappa shape index (κ3) is 2.08. The highest BCUT2D eigenvalue weighted by Crippen LogP contribution is 2.71. The van der Waals surface area contributed by atoms with E-state index in [0.717, 1.165) is 12.8 Å². The molecule has 1 N–H and O–H groups in total. The molecule has 3 unspecified atom stereocenters. The normalized spacial score (nSPS) is 38.1. The Hall–Kier alpha value is 0.0569. The Kier molecular flexibility index (Phi) is 4.65. The minimum atomic E-state index is -3.15. The molecule has 2 saturated carbocycles. The molecule has 3 atom stereocenters. The van der Waals surface area contributed by atoms with Crippen molar-refractivity contribution >= 4 is 8.80 Å². The number of aliphatic hydroxyl groups is 1. The lowest BCUT2D eigenvalue weighted by Crippen LogP contribution is -2.71. The van der Waals surface area contributed by atoms with Crippen molar-refractivity contribution in [3.8, 4) is 0 Å². The molecule has 0 saturated heterocycles. The van der Waals surface area contributed by atoms with Gasteiger partial charge in [-0.2, -0.15) is 0 Å². The first-order valence-corrected chi connectivity index (χ1v) is 10.1. The van der Waals surface area contributed by atoms with Crippen molar-refractivity contribution in [2.45, 2.75) is 66.0 Å². The van der Waals surface area contributed by atoms with Crippen molar-refractivity contribution in [3.63, 3.8) is 0 Å². The lowest BCUT2D eigenvalue weighted by atomic mass is 9.69. The maximum absolute atomic E-state index is 11.8. The number of hydrogen-bond donors (Lipinski definition) is 1. The van der Waals surface area contributed by atoms with Crippen molar-refractivity contribution in [2.24, 2.45) is 16.7 Å². The quantitative estimate of drug-likeness (QED) is 0.733. The van der Waals surface area contributed by atoms with Crippen LogP contribution in [-0.4, -0.2) is 39.0 Å². The number of hydrogen-bond acceptors (Lipinski definition) is 4. The maximum atomic E-state index is 11.8. The second kappa shape index (κ2) is 5.60. The zero-order valence-electron chi connectivity index (χ0n) is 14.5. The Bertz CT molecular complexity index is 369. The molecule has 2 aliphatic rings. The molecule has 4 nitrogen and oxygen atoms in total. The van der Waals surface area contributed by atoms with E-state index < -0.39 is 14.0 Å². The summed E-state index contributed by atoms with van der Waals surface area (Å²) in [6, 6.07) is 0. The molecule has 0 spiro atoms. The van der Waals surface area contributed by atoms with Gasteiger partial charge in [0.15, 0.2) is 0 Å². The molecular weight excluding hydrogens is 284 g/mol. The van der Waals surface area contributed by atoms with Crippen LogP contribution in [0.1, 0.15) is 60.8 Å². The van der Waals surface area contributed by atoms with E-state index in [-0.39, 0.29) is 10.8 Å². The first kappa shape index (κ1) is 17.4. The Balaban J connectivity index is 2.48. The van der Waals surface area contributed by atoms with E-state index in [0.29, 0.717) is 25.7 Å². The van der Waals surface area contributed by atoms with Crippen molar-refractivity contribution in [1.29, 1.82) is 0 Å². The van der Waals surface area contributed by atoms with E-state index in [1.807, 2.05) is 20.8 Å². The molecule has 0 radical (unpaired) electrons. The van der Waals surface area contributed by atoms with Gasteiger partial charge >= 0.3 is 8.80 Å². The van der Waals surface area contributed by atoms with E-state index in [1.54, 1.807) is 0 Å². The van der Waals surface area contributed by atoms with Crippen LogP contribution in [0.25, 0.3) is 0 Å². The SMILES string of the molecule is CCO[Si](OCC)(OCC)C1(O)CC2CCC1(C)C2(C)C. The predicted molar refractivity (Wildman–Crippen MR) is 84.8 cm³/mol. The highest BCUT2D eigenvalue weighted by molar-refractivity contribution is 6.64. The van der Waals surface area contributed by atoms with Gasteiger partial charge in [0.2, 0.25) is 0 Å². The summed E-state index contributed by atoms with van der Waals surface area (Å²) in [6.45, 7) is 14.1. The summed E-state index contributed by atoms with van der Waals surface area (Å²) in [4.78, 5) is 0.